The van der Waals surface area contributed by atoms with Crippen LogP contribution in [0.15, 0.2) is 0 Å². The van der Waals surface area contributed by atoms with E-state index in [0.717, 1.165) is 5.32 Å². The van der Waals surface area contributed by atoms with Gasteiger partial charge in [0, 0.05) is 0 Å². The van der Waals surface area contributed by atoms with Gasteiger partial charge < -0.3 is 4.74 Å². The van der Waals surface area contributed by atoms with Crippen molar-refractivity contribution in [3.63, 3.8) is 0 Å². The van der Waals surface area contributed by atoms with Gasteiger partial charge in [-0.2, -0.15) is 26.3 Å². The molecule has 1 saturated heterocycles. The zero-order valence-electron chi connectivity index (χ0n) is 11.3. The van der Waals surface area contributed by atoms with Crippen molar-refractivity contribution in [1.29, 1.82) is 0 Å². The highest BCUT2D eigenvalue weighted by atomic mass is 19.4. The fourth-order valence-electron chi connectivity index (χ4n) is 2.47. The van der Waals surface area contributed by atoms with Crippen LogP contribution >= 0.6 is 0 Å². The molecule has 1 fully saturated rings. The minimum atomic E-state index is -5.69. The van der Waals surface area contributed by atoms with Crippen molar-refractivity contribution >= 4 is 6.09 Å². The third-order valence-electron chi connectivity index (χ3n) is 3.40. The molecular weight excluding hydrogens is 306 g/mol. The first-order chi connectivity index (χ1) is 9.56. The number of likely N-dealkylation sites (tertiary alicyclic amines) is 1. The number of amides is 1. The molecule has 1 rings (SSSR count). The maximum absolute atomic E-state index is 13.2. The number of quaternary nitrogens is 1. The second kappa shape index (κ2) is 6.29. The number of carbonyl (C=O) groups is 1. The van der Waals surface area contributed by atoms with Crippen molar-refractivity contribution in [2.45, 2.75) is 44.2 Å². The van der Waals surface area contributed by atoms with Gasteiger partial charge in [-0.05, 0) is 26.2 Å². The molecule has 4 nitrogen and oxygen atoms in total. The second-order valence-corrected chi connectivity index (χ2v) is 4.76. The monoisotopic (exact) mass is 323 g/mol. The van der Waals surface area contributed by atoms with Crippen molar-refractivity contribution in [3.8, 4) is 0 Å². The topological polar surface area (TPSA) is 42.8 Å². The van der Waals surface area contributed by atoms with E-state index in [1.165, 1.54) is 6.92 Å². The molecule has 0 unspecified atom stereocenters. The van der Waals surface area contributed by atoms with Crippen LogP contribution in [0.4, 0.5) is 31.1 Å². The van der Waals surface area contributed by atoms with Gasteiger partial charge in [0.05, 0.1) is 19.7 Å². The Morgan fingerprint density at radius 1 is 1.05 bits per heavy atom. The maximum Gasteiger partial charge on any atom is 0.476 e. The molecule has 0 atom stereocenters. The highest BCUT2D eigenvalue weighted by Crippen LogP contribution is 2.39. The summed E-state index contributed by atoms with van der Waals surface area (Å²) in [6.07, 6.45) is -12.1. The van der Waals surface area contributed by atoms with Gasteiger partial charge in [0.25, 0.3) is 0 Å². The summed E-state index contributed by atoms with van der Waals surface area (Å²) in [5.74, 6) is 0. The van der Waals surface area contributed by atoms with Gasteiger partial charge in [0.1, 0.15) is 0 Å². The predicted octanol–water partition coefficient (Wildman–Crippen LogP) is 1.62. The number of piperidine rings is 1. The Morgan fingerprint density at radius 3 is 1.90 bits per heavy atom. The predicted molar refractivity (Wildman–Crippen MR) is 59.5 cm³/mol. The third-order valence-corrected chi connectivity index (χ3v) is 3.40. The number of carbonyl (C=O) groups excluding carboxylic acids is 1. The molecule has 21 heavy (non-hydrogen) atoms. The molecule has 0 spiro atoms. The number of halogens is 6. The number of rotatable bonds is 3. The average molecular weight is 323 g/mol. The fraction of sp³-hybridized carbons (Fsp3) is 0.909. The summed E-state index contributed by atoms with van der Waals surface area (Å²) < 4.78 is 83.7. The molecule has 0 aromatic rings. The largest absolute Gasteiger partial charge is 0.476 e. The van der Waals surface area contributed by atoms with Crippen molar-refractivity contribution in [3.05, 3.63) is 0 Å². The van der Waals surface area contributed by atoms with Crippen LogP contribution < -0.4 is 10.2 Å². The molecular formula is C11H17F6N2O2+. The van der Waals surface area contributed by atoms with Gasteiger partial charge in [-0.1, -0.05) is 0 Å². The van der Waals surface area contributed by atoms with E-state index in [9.17, 15) is 31.1 Å². The molecule has 0 aliphatic carbocycles. The van der Waals surface area contributed by atoms with E-state index in [1.807, 2.05) is 0 Å². The molecule has 0 aromatic heterocycles. The zero-order chi connectivity index (χ0) is 16.3. The summed E-state index contributed by atoms with van der Waals surface area (Å²) in [7, 11) is 0. The van der Waals surface area contributed by atoms with E-state index in [-0.39, 0.29) is 32.5 Å². The normalized spacial score (nSPS) is 18.4. The molecule has 10 heteroatoms. The van der Waals surface area contributed by atoms with Crippen molar-refractivity contribution < 1.29 is 40.8 Å². The van der Waals surface area contributed by atoms with Gasteiger partial charge in [-0.15, -0.1) is 0 Å². The van der Waals surface area contributed by atoms with Crippen molar-refractivity contribution in [2.24, 2.45) is 0 Å². The molecule has 0 radical (unpaired) electrons. The standard InChI is InChI=1S/C11H16F6N2O2/c1-2-21-8(20)18-9(10(12,13)14,11(15,16)17)19-6-4-3-5-7-19/h2-7H2,1H3,(H,18,20)/p+1. The van der Waals surface area contributed by atoms with E-state index in [2.05, 4.69) is 4.74 Å². The molecule has 1 amide bonds. The first kappa shape index (κ1) is 17.9. The van der Waals surface area contributed by atoms with E-state index in [4.69, 9.17) is 0 Å². The van der Waals surface area contributed by atoms with Crippen LogP contribution in [0.2, 0.25) is 0 Å². The van der Waals surface area contributed by atoms with Gasteiger partial charge in [0.15, 0.2) is 0 Å². The summed E-state index contributed by atoms with van der Waals surface area (Å²) in [6.45, 7) is 0.306. The SMILES string of the molecule is CCOC(=O)NC([NH+]1CCCCC1)(C(F)(F)F)C(F)(F)F. The van der Waals surface area contributed by atoms with Crippen LogP contribution in [0, 0.1) is 0 Å². The Kier molecular flexibility index (Phi) is 5.35. The van der Waals surface area contributed by atoms with Crippen LogP contribution in [0.1, 0.15) is 26.2 Å². The third kappa shape index (κ3) is 3.53. The summed E-state index contributed by atoms with van der Waals surface area (Å²) >= 11 is 0. The van der Waals surface area contributed by atoms with Crippen LogP contribution in [-0.2, 0) is 4.74 Å². The van der Waals surface area contributed by atoms with E-state index >= 15 is 0 Å². The summed E-state index contributed by atoms with van der Waals surface area (Å²) in [5, 5.41) is 1.03. The van der Waals surface area contributed by atoms with E-state index < -0.39 is 29.0 Å². The minimum absolute atomic E-state index is 0.230. The molecule has 1 heterocycles. The van der Waals surface area contributed by atoms with Crippen molar-refractivity contribution in [2.75, 3.05) is 19.7 Å². The lowest BCUT2D eigenvalue weighted by Crippen LogP contribution is -3.27. The molecule has 0 aromatic carbocycles. The Morgan fingerprint density at radius 2 is 1.52 bits per heavy atom. The maximum atomic E-state index is 13.2. The lowest BCUT2D eigenvalue weighted by atomic mass is 10.0. The summed E-state index contributed by atoms with van der Waals surface area (Å²) in [6, 6.07) is 0. The Bertz CT molecular complexity index is 349. The second-order valence-electron chi connectivity index (χ2n) is 4.76. The summed E-state index contributed by atoms with van der Waals surface area (Å²) in [4.78, 5) is 10.5. The van der Waals surface area contributed by atoms with Gasteiger partial charge in [0.2, 0.25) is 0 Å². The van der Waals surface area contributed by atoms with Gasteiger partial charge in [-0.3, -0.25) is 10.2 Å². The highest BCUT2D eigenvalue weighted by molar-refractivity contribution is 5.68. The quantitative estimate of drug-likeness (QED) is 0.775. The van der Waals surface area contributed by atoms with E-state index in [1.54, 1.807) is 0 Å². The zero-order valence-corrected chi connectivity index (χ0v) is 11.3. The lowest BCUT2D eigenvalue weighted by molar-refractivity contribution is -0.987. The number of hydrogen-bond acceptors (Lipinski definition) is 2. The minimum Gasteiger partial charge on any atom is -0.450 e. The lowest BCUT2D eigenvalue weighted by Gasteiger charge is -2.43. The van der Waals surface area contributed by atoms with Crippen LogP contribution in [-0.4, -0.2) is 43.8 Å². The van der Waals surface area contributed by atoms with Crippen molar-refractivity contribution in [1.82, 2.24) is 5.32 Å². The summed E-state index contributed by atoms with van der Waals surface area (Å²) in [5.41, 5.74) is -4.34. The molecule has 0 saturated carbocycles. The number of alkyl halides is 6. The molecule has 124 valence electrons. The average Bonchev–Trinajstić information content (AvgIpc) is 2.34. The van der Waals surface area contributed by atoms with Crippen LogP contribution in [0.3, 0.4) is 0 Å². The molecule has 1 aliphatic heterocycles. The number of nitrogens with one attached hydrogen (secondary N) is 2. The Hall–Kier alpha value is -1.19. The van der Waals surface area contributed by atoms with Crippen LogP contribution in [0.25, 0.3) is 0 Å². The van der Waals surface area contributed by atoms with Crippen LogP contribution in [0.5, 0.6) is 0 Å². The fourth-order valence-corrected chi connectivity index (χ4v) is 2.47. The first-order valence-corrected chi connectivity index (χ1v) is 6.50. The number of alkyl carbamates (subject to hydrolysis) is 1. The smallest absolute Gasteiger partial charge is 0.450 e. The number of hydrogen-bond donors (Lipinski definition) is 2. The van der Waals surface area contributed by atoms with Gasteiger partial charge >= 0.3 is 24.1 Å². The first-order valence-electron chi connectivity index (χ1n) is 6.50. The van der Waals surface area contributed by atoms with E-state index in [0.29, 0.717) is 6.42 Å². The Labute approximate surface area is 117 Å². The Balaban J connectivity index is 3.25. The molecule has 1 aliphatic rings. The molecule has 2 N–H and O–H groups in total. The number of ether oxygens (including phenoxy) is 1. The highest BCUT2D eigenvalue weighted by Gasteiger charge is 2.79. The molecule has 0 bridgehead atoms. The van der Waals surface area contributed by atoms with Gasteiger partial charge in [-0.25, -0.2) is 4.79 Å².